The third-order valence-corrected chi connectivity index (χ3v) is 3.81. The minimum atomic E-state index is -0.761. The van der Waals surface area contributed by atoms with Gasteiger partial charge in [0.25, 0.3) is 0 Å². The number of carbonyl (C=O) groups is 2. The lowest BCUT2D eigenvalue weighted by atomic mass is 9.83. The number of rotatable bonds is 5. The largest absolute Gasteiger partial charge is 0.496 e. The number of methoxy groups -OCH3 is 1. The predicted molar refractivity (Wildman–Crippen MR) is 95.4 cm³/mol. The van der Waals surface area contributed by atoms with Crippen LogP contribution < -0.4 is 15.4 Å². The minimum absolute atomic E-state index is 0.135. The molecular weight excluding hydrogens is 304 g/mol. The van der Waals surface area contributed by atoms with Crippen molar-refractivity contribution in [2.75, 3.05) is 17.7 Å². The highest BCUT2D eigenvalue weighted by Gasteiger charge is 2.32. The highest BCUT2D eigenvalue weighted by molar-refractivity contribution is 5.99. The van der Waals surface area contributed by atoms with E-state index >= 15 is 0 Å². The van der Waals surface area contributed by atoms with Crippen molar-refractivity contribution in [1.29, 1.82) is 0 Å². The predicted octanol–water partition coefficient (Wildman–Crippen LogP) is 3.57. The second-order valence-electron chi connectivity index (χ2n) is 6.04. The molecule has 2 amide bonds. The van der Waals surface area contributed by atoms with Gasteiger partial charge in [-0.25, -0.2) is 0 Å². The fourth-order valence-electron chi connectivity index (χ4n) is 2.41. The third-order valence-electron chi connectivity index (χ3n) is 3.81. The molecule has 0 saturated carbocycles. The van der Waals surface area contributed by atoms with Crippen LogP contribution in [-0.2, 0) is 15.0 Å². The summed E-state index contributed by atoms with van der Waals surface area (Å²) in [7, 11) is 1.59. The van der Waals surface area contributed by atoms with E-state index in [0.717, 1.165) is 5.56 Å². The normalized spacial score (nSPS) is 10.8. The Hall–Kier alpha value is -2.82. The molecule has 0 radical (unpaired) electrons. The van der Waals surface area contributed by atoms with Crippen LogP contribution in [0.4, 0.5) is 11.4 Å². The SMILES string of the molecule is COc1ccccc1C(C)(C)C(=O)Nc1ccc(NC(C)=O)cc1. The number of ether oxygens (including phenoxy) is 1. The van der Waals surface area contributed by atoms with Gasteiger partial charge >= 0.3 is 0 Å². The molecule has 5 nitrogen and oxygen atoms in total. The maximum absolute atomic E-state index is 12.7. The van der Waals surface area contributed by atoms with Gasteiger partial charge in [-0.2, -0.15) is 0 Å². The maximum Gasteiger partial charge on any atom is 0.234 e. The molecule has 0 saturated heterocycles. The van der Waals surface area contributed by atoms with E-state index in [1.165, 1.54) is 6.92 Å². The van der Waals surface area contributed by atoms with Crippen LogP contribution in [0.2, 0.25) is 0 Å². The highest BCUT2D eigenvalue weighted by atomic mass is 16.5. The molecule has 0 fully saturated rings. The van der Waals surface area contributed by atoms with Crippen molar-refractivity contribution in [2.24, 2.45) is 0 Å². The Morgan fingerprint density at radius 2 is 1.46 bits per heavy atom. The van der Waals surface area contributed by atoms with Crippen LogP contribution in [0.3, 0.4) is 0 Å². The van der Waals surface area contributed by atoms with Gasteiger partial charge < -0.3 is 15.4 Å². The molecule has 0 atom stereocenters. The molecule has 2 N–H and O–H groups in total. The van der Waals surface area contributed by atoms with E-state index < -0.39 is 5.41 Å². The van der Waals surface area contributed by atoms with Crippen LogP contribution in [0.25, 0.3) is 0 Å². The molecule has 0 heterocycles. The molecule has 0 spiro atoms. The van der Waals surface area contributed by atoms with Gasteiger partial charge in [-0.15, -0.1) is 0 Å². The average Bonchev–Trinajstić information content (AvgIpc) is 2.56. The molecule has 0 unspecified atom stereocenters. The van der Waals surface area contributed by atoms with E-state index in [1.807, 2.05) is 38.1 Å². The molecule has 0 aliphatic heterocycles. The summed E-state index contributed by atoms with van der Waals surface area (Å²) in [5.74, 6) is 0.405. The molecule has 0 aromatic heterocycles. The zero-order valence-corrected chi connectivity index (χ0v) is 14.3. The Morgan fingerprint density at radius 3 is 2.00 bits per heavy atom. The van der Waals surface area contributed by atoms with E-state index in [4.69, 9.17) is 4.74 Å². The van der Waals surface area contributed by atoms with Crippen molar-refractivity contribution in [2.45, 2.75) is 26.2 Å². The summed E-state index contributed by atoms with van der Waals surface area (Å²) in [6.45, 7) is 5.16. The third kappa shape index (κ3) is 3.93. The van der Waals surface area contributed by atoms with Crippen molar-refractivity contribution in [1.82, 2.24) is 0 Å². The van der Waals surface area contributed by atoms with Crippen LogP contribution in [0.1, 0.15) is 26.3 Å². The van der Waals surface area contributed by atoms with Crippen molar-refractivity contribution >= 4 is 23.2 Å². The first-order chi connectivity index (χ1) is 11.3. The van der Waals surface area contributed by atoms with Crippen LogP contribution >= 0.6 is 0 Å². The van der Waals surface area contributed by atoms with Gasteiger partial charge in [0.15, 0.2) is 0 Å². The standard InChI is InChI=1S/C19H22N2O3/c1-13(22)20-14-9-11-15(12-10-14)21-18(23)19(2,3)16-7-5-6-8-17(16)24-4/h5-12H,1-4H3,(H,20,22)(H,21,23). The van der Waals surface area contributed by atoms with E-state index in [1.54, 1.807) is 31.4 Å². The average molecular weight is 326 g/mol. The zero-order valence-electron chi connectivity index (χ0n) is 14.3. The van der Waals surface area contributed by atoms with Crippen LogP contribution in [0, 0.1) is 0 Å². The van der Waals surface area contributed by atoms with Crippen molar-refractivity contribution in [3.05, 3.63) is 54.1 Å². The van der Waals surface area contributed by atoms with Gasteiger partial charge in [-0.3, -0.25) is 9.59 Å². The lowest BCUT2D eigenvalue weighted by Crippen LogP contribution is -2.35. The van der Waals surface area contributed by atoms with E-state index in [2.05, 4.69) is 10.6 Å². The zero-order chi connectivity index (χ0) is 17.7. The molecule has 126 valence electrons. The number of para-hydroxylation sites is 1. The van der Waals surface area contributed by atoms with Gasteiger partial charge in [-0.1, -0.05) is 18.2 Å². The molecule has 24 heavy (non-hydrogen) atoms. The van der Waals surface area contributed by atoms with Crippen molar-refractivity contribution < 1.29 is 14.3 Å². The van der Waals surface area contributed by atoms with Gasteiger partial charge in [0.2, 0.25) is 11.8 Å². The lowest BCUT2D eigenvalue weighted by Gasteiger charge is -2.26. The summed E-state index contributed by atoms with van der Waals surface area (Å²) >= 11 is 0. The number of anilines is 2. The number of amides is 2. The molecule has 2 rings (SSSR count). The summed E-state index contributed by atoms with van der Waals surface area (Å²) in [5.41, 5.74) is 1.41. The summed E-state index contributed by atoms with van der Waals surface area (Å²) in [5, 5.41) is 5.59. The summed E-state index contributed by atoms with van der Waals surface area (Å²) in [6, 6.07) is 14.5. The first-order valence-electron chi connectivity index (χ1n) is 7.67. The van der Waals surface area contributed by atoms with Crippen LogP contribution in [0.5, 0.6) is 5.75 Å². The Labute approximate surface area is 142 Å². The molecule has 2 aromatic carbocycles. The minimum Gasteiger partial charge on any atom is -0.496 e. The number of hydrogen-bond acceptors (Lipinski definition) is 3. The van der Waals surface area contributed by atoms with Gasteiger partial charge in [0, 0.05) is 23.9 Å². The van der Waals surface area contributed by atoms with Crippen molar-refractivity contribution in [3.8, 4) is 5.75 Å². The fourth-order valence-corrected chi connectivity index (χ4v) is 2.41. The van der Waals surface area contributed by atoms with Gasteiger partial charge in [0.05, 0.1) is 12.5 Å². The van der Waals surface area contributed by atoms with Crippen LogP contribution in [0.15, 0.2) is 48.5 Å². The number of hydrogen-bond donors (Lipinski definition) is 2. The summed E-state index contributed by atoms with van der Waals surface area (Å²) in [4.78, 5) is 23.8. The summed E-state index contributed by atoms with van der Waals surface area (Å²) < 4.78 is 5.36. The monoisotopic (exact) mass is 326 g/mol. The Balaban J connectivity index is 2.17. The number of benzene rings is 2. The molecule has 0 aliphatic carbocycles. The number of carbonyl (C=O) groups excluding carboxylic acids is 2. The highest BCUT2D eigenvalue weighted by Crippen LogP contribution is 2.32. The molecule has 0 bridgehead atoms. The van der Waals surface area contributed by atoms with E-state index in [9.17, 15) is 9.59 Å². The smallest absolute Gasteiger partial charge is 0.234 e. The Kier molecular flexibility index (Phi) is 5.24. The topological polar surface area (TPSA) is 67.4 Å². The fraction of sp³-hybridized carbons (Fsp3) is 0.263. The lowest BCUT2D eigenvalue weighted by molar-refractivity contribution is -0.120. The first kappa shape index (κ1) is 17.5. The molecule has 2 aromatic rings. The van der Waals surface area contributed by atoms with E-state index in [-0.39, 0.29) is 11.8 Å². The first-order valence-corrected chi connectivity index (χ1v) is 7.67. The summed E-state index contributed by atoms with van der Waals surface area (Å²) in [6.07, 6.45) is 0. The molecule has 5 heteroatoms. The van der Waals surface area contributed by atoms with Gasteiger partial charge in [0.1, 0.15) is 5.75 Å². The number of nitrogens with one attached hydrogen (secondary N) is 2. The van der Waals surface area contributed by atoms with E-state index in [0.29, 0.717) is 17.1 Å². The second-order valence-corrected chi connectivity index (χ2v) is 6.04. The van der Waals surface area contributed by atoms with Gasteiger partial charge in [-0.05, 0) is 44.2 Å². The molecular formula is C19H22N2O3. The Bertz CT molecular complexity index is 737. The maximum atomic E-state index is 12.7. The van der Waals surface area contributed by atoms with Crippen molar-refractivity contribution in [3.63, 3.8) is 0 Å². The second kappa shape index (κ2) is 7.17. The molecule has 0 aliphatic rings. The van der Waals surface area contributed by atoms with Crippen LogP contribution in [-0.4, -0.2) is 18.9 Å². The Morgan fingerprint density at radius 1 is 0.917 bits per heavy atom. The quantitative estimate of drug-likeness (QED) is 0.882.